The highest BCUT2D eigenvalue weighted by molar-refractivity contribution is 5.94. The van der Waals surface area contributed by atoms with Gasteiger partial charge in [-0.1, -0.05) is 42.0 Å². The number of hydrogen-bond donors (Lipinski definition) is 1. The van der Waals surface area contributed by atoms with Gasteiger partial charge in [-0.25, -0.2) is 9.67 Å². The van der Waals surface area contributed by atoms with E-state index in [0.717, 1.165) is 12.0 Å². The summed E-state index contributed by atoms with van der Waals surface area (Å²) in [5.41, 5.74) is 4.22. The van der Waals surface area contributed by atoms with Crippen molar-refractivity contribution in [3.05, 3.63) is 83.4 Å². The average Bonchev–Trinajstić information content (AvgIpc) is 3.08. The lowest BCUT2D eigenvalue weighted by Gasteiger charge is -2.07. The van der Waals surface area contributed by atoms with Gasteiger partial charge in [-0.3, -0.25) is 4.79 Å². The van der Waals surface area contributed by atoms with Gasteiger partial charge in [-0.15, -0.1) is 0 Å². The Kier molecular flexibility index (Phi) is 5.01. The van der Waals surface area contributed by atoms with Gasteiger partial charge in [0, 0.05) is 12.1 Å². The van der Waals surface area contributed by atoms with Crippen LogP contribution in [0.4, 0.5) is 0 Å². The predicted octanol–water partition coefficient (Wildman–Crippen LogP) is 2.61. The van der Waals surface area contributed by atoms with E-state index < -0.39 is 0 Å². The van der Waals surface area contributed by atoms with Crippen molar-refractivity contribution in [3.63, 3.8) is 0 Å². The molecule has 2 aromatic carbocycles. The maximum Gasteiger partial charge on any atom is 0.251 e. The zero-order valence-corrected chi connectivity index (χ0v) is 13.6. The molecule has 1 heterocycles. The first-order valence-corrected chi connectivity index (χ1v) is 7.96. The molecule has 3 rings (SSSR count). The van der Waals surface area contributed by atoms with Crippen LogP contribution in [0.3, 0.4) is 0 Å². The van der Waals surface area contributed by atoms with Gasteiger partial charge in [-0.05, 0) is 36.6 Å². The van der Waals surface area contributed by atoms with Crippen molar-refractivity contribution in [2.75, 3.05) is 6.54 Å². The van der Waals surface area contributed by atoms with Crippen molar-refractivity contribution < 1.29 is 4.79 Å². The minimum absolute atomic E-state index is 0.0463. The summed E-state index contributed by atoms with van der Waals surface area (Å²) in [6.45, 7) is 3.35. The number of nitrogens with zero attached hydrogens (tertiary/aromatic N) is 3. The standard InChI is InChI=1S/C19H20N4O/c1-15-3-2-4-16(11-15)9-10-21-19(24)18-7-5-17(6-8-18)12-23-14-20-13-22-23/h2-8,11,13-14H,9-10,12H2,1H3,(H,21,24). The second-order valence-corrected chi connectivity index (χ2v) is 5.78. The molecular formula is C19H20N4O. The maximum atomic E-state index is 12.2. The summed E-state index contributed by atoms with van der Waals surface area (Å²) in [5, 5.41) is 7.04. The number of aromatic nitrogens is 3. The molecule has 0 radical (unpaired) electrons. The zero-order chi connectivity index (χ0) is 16.8. The lowest BCUT2D eigenvalue weighted by molar-refractivity contribution is 0.0954. The van der Waals surface area contributed by atoms with Gasteiger partial charge in [0.2, 0.25) is 0 Å². The second kappa shape index (κ2) is 7.55. The molecule has 24 heavy (non-hydrogen) atoms. The number of carbonyl (C=O) groups excluding carboxylic acids is 1. The molecule has 0 aliphatic heterocycles. The highest BCUT2D eigenvalue weighted by atomic mass is 16.1. The van der Waals surface area contributed by atoms with E-state index in [0.29, 0.717) is 18.7 Å². The molecule has 0 spiro atoms. The molecule has 1 N–H and O–H groups in total. The van der Waals surface area contributed by atoms with Gasteiger partial charge in [0.25, 0.3) is 5.91 Å². The predicted molar refractivity (Wildman–Crippen MR) is 92.8 cm³/mol. The number of hydrogen-bond acceptors (Lipinski definition) is 3. The Balaban J connectivity index is 1.51. The van der Waals surface area contributed by atoms with Crippen molar-refractivity contribution in [3.8, 4) is 0 Å². The van der Waals surface area contributed by atoms with Gasteiger partial charge >= 0.3 is 0 Å². The SMILES string of the molecule is Cc1cccc(CCNC(=O)c2ccc(Cn3cncn3)cc2)c1. The Hall–Kier alpha value is -2.95. The van der Waals surface area contributed by atoms with Crippen LogP contribution >= 0.6 is 0 Å². The van der Waals surface area contributed by atoms with Gasteiger partial charge < -0.3 is 5.32 Å². The Morgan fingerprint density at radius 3 is 2.67 bits per heavy atom. The molecule has 0 aliphatic rings. The topological polar surface area (TPSA) is 59.8 Å². The van der Waals surface area contributed by atoms with Gasteiger partial charge in [0.1, 0.15) is 12.7 Å². The fourth-order valence-electron chi connectivity index (χ4n) is 2.55. The monoisotopic (exact) mass is 320 g/mol. The molecule has 122 valence electrons. The summed E-state index contributed by atoms with van der Waals surface area (Å²) in [5.74, 6) is -0.0463. The lowest BCUT2D eigenvalue weighted by Crippen LogP contribution is -2.25. The van der Waals surface area contributed by atoms with Crippen molar-refractivity contribution >= 4 is 5.91 Å². The molecule has 1 aromatic heterocycles. The summed E-state index contributed by atoms with van der Waals surface area (Å²) in [7, 11) is 0. The first kappa shape index (κ1) is 15.9. The molecule has 0 atom stereocenters. The third-order valence-corrected chi connectivity index (χ3v) is 3.81. The van der Waals surface area contributed by atoms with Crippen LogP contribution in [0.15, 0.2) is 61.2 Å². The highest BCUT2D eigenvalue weighted by Crippen LogP contribution is 2.07. The third kappa shape index (κ3) is 4.29. The van der Waals surface area contributed by atoms with Crippen molar-refractivity contribution in [2.45, 2.75) is 19.9 Å². The van der Waals surface area contributed by atoms with Crippen molar-refractivity contribution in [1.82, 2.24) is 20.1 Å². The molecule has 0 unspecified atom stereocenters. The molecule has 0 bridgehead atoms. The Labute approximate surface area is 141 Å². The number of amides is 1. The molecule has 1 amide bonds. The van der Waals surface area contributed by atoms with Crippen LogP contribution in [0.5, 0.6) is 0 Å². The van der Waals surface area contributed by atoms with Gasteiger partial charge in [0.05, 0.1) is 6.54 Å². The summed E-state index contributed by atoms with van der Waals surface area (Å²) >= 11 is 0. The van der Waals surface area contributed by atoms with E-state index in [1.807, 2.05) is 30.3 Å². The fraction of sp³-hybridized carbons (Fsp3) is 0.211. The summed E-state index contributed by atoms with van der Waals surface area (Å²) < 4.78 is 1.75. The van der Waals surface area contributed by atoms with Crippen LogP contribution in [0.25, 0.3) is 0 Å². The third-order valence-electron chi connectivity index (χ3n) is 3.81. The van der Waals surface area contributed by atoms with Crippen LogP contribution in [0.2, 0.25) is 0 Å². The molecule has 5 heteroatoms. The van der Waals surface area contributed by atoms with E-state index in [4.69, 9.17) is 0 Å². The normalized spacial score (nSPS) is 10.5. The van der Waals surface area contributed by atoms with Crippen LogP contribution in [0.1, 0.15) is 27.0 Å². The van der Waals surface area contributed by atoms with E-state index in [9.17, 15) is 4.79 Å². The Bertz CT molecular complexity index is 794. The number of benzene rings is 2. The smallest absolute Gasteiger partial charge is 0.251 e. The van der Waals surface area contributed by atoms with Crippen LogP contribution in [-0.2, 0) is 13.0 Å². The molecule has 0 saturated carbocycles. The minimum Gasteiger partial charge on any atom is -0.352 e. The Morgan fingerprint density at radius 1 is 1.12 bits per heavy atom. The lowest BCUT2D eigenvalue weighted by atomic mass is 10.1. The summed E-state index contributed by atoms with van der Waals surface area (Å²) in [6.07, 6.45) is 4.01. The van der Waals surface area contributed by atoms with Crippen LogP contribution in [0, 0.1) is 6.92 Å². The summed E-state index contributed by atoms with van der Waals surface area (Å²) in [6, 6.07) is 15.9. The number of carbonyl (C=O) groups is 1. The van der Waals surface area contributed by atoms with Crippen LogP contribution < -0.4 is 5.32 Å². The van der Waals surface area contributed by atoms with E-state index in [2.05, 4.69) is 40.5 Å². The number of nitrogens with one attached hydrogen (secondary N) is 1. The number of aryl methyl sites for hydroxylation is 1. The first-order valence-electron chi connectivity index (χ1n) is 7.96. The minimum atomic E-state index is -0.0463. The highest BCUT2D eigenvalue weighted by Gasteiger charge is 2.05. The van der Waals surface area contributed by atoms with Gasteiger partial charge in [-0.2, -0.15) is 5.10 Å². The van der Waals surface area contributed by atoms with Crippen molar-refractivity contribution in [1.29, 1.82) is 0 Å². The first-order chi connectivity index (χ1) is 11.7. The molecule has 0 aliphatic carbocycles. The summed E-state index contributed by atoms with van der Waals surface area (Å²) in [4.78, 5) is 16.1. The van der Waals surface area contributed by atoms with E-state index in [-0.39, 0.29) is 5.91 Å². The molecular weight excluding hydrogens is 300 g/mol. The fourth-order valence-corrected chi connectivity index (χ4v) is 2.55. The largest absolute Gasteiger partial charge is 0.352 e. The molecule has 3 aromatic rings. The number of rotatable bonds is 6. The van der Waals surface area contributed by atoms with Crippen molar-refractivity contribution in [2.24, 2.45) is 0 Å². The Morgan fingerprint density at radius 2 is 1.96 bits per heavy atom. The second-order valence-electron chi connectivity index (χ2n) is 5.78. The molecule has 0 saturated heterocycles. The van der Waals surface area contributed by atoms with Crippen LogP contribution in [-0.4, -0.2) is 27.2 Å². The zero-order valence-electron chi connectivity index (χ0n) is 13.6. The maximum absolute atomic E-state index is 12.2. The molecule has 0 fully saturated rings. The average molecular weight is 320 g/mol. The van der Waals surface area contributed by atoms with E-state index in [1.165, 1.54) is 17.5 Å². The van der Waals surface area contributed by atoms with Gasteiger partial charge in [0.15, 0.2) is 0 Å². The quantitative estimate of drug-likeness (QED) is 0.759. The van der Waals surface area contributed by atoms with E-state index in [1.54, 1.807) is 11.0 Å². The van der Waals surface area contributed by atoms with E-state index >= 15 is 0 Å². The molecule has 5 nitrogen and oxygen atoms in total.